The van der Waals surface area contributed by atoms with E-state index in [4.69, 9.17) is 0 Å². The molecule has 0 aliphatic carbocycles. The third-order valence-electron chi connectivity index (χ3n) is 2.46. The van der Waals surface area contributed by atoms with E-state index < -0.39 is 0 Å². The van der Waals surface area contributed by atoms with Crippen LogP contribution in [0.4, 0.5) is 0 Å². The molecule has 2 rings (SSSR count). The van der Waals surface area contributed by atoms with Gasteiger partial charge in [0.15, 0.2) is 0 Å². The van der Waals surface area contributed by atoms with Crippen molar-refractivity contribution in [2.75, 3.05) is 6.54 Å². The van der Waals surface area contributed by atoms with Gasteiger partial charge in [-0.05, 0) is 31.2 Å². The molecule has 94 valence electrons. The Morgan fingerprint density at radius 3 is 2.68 bits per heavy atom. The van der Waals surface area contributed by atoms with E-state index in [2.05, 4.69) is 22.1 Å². The van der Waals surface area contributed by atoms with Crippen LogP contribution in [0, 0.1) is 18.8 Å². The number of carbonyl (C=O) groups excluding carboxylic acids is 1. The zero-order valence-corrected chi connectivity index (χ0v) is 10.7. The summed E-state index contributed by atoms with van der Waals surface area (Å²) >= 11 is 0. The van der Waals surface area contributed by atoms with Gasteiger partial charge in [-0.3, -0.25) is 4.79 Å². The number of hydrogen-bond donors (Lipinski definition) is 1. The van der Waals surface area contributed by atoms with Crippen LogP contribution in [0.25, 0.3) is 0 Å². The summed E-state index contributed by atoms with van der Waals surface area (Å²) < 4.78 is 0. The summed E-state index contributed by atoms with van der Waals surface area (Å²) in [5.74, 6) is 5.68. The lowest BCUT2D eigenvalue weighted by molar-refractivity contribution is 0.0953. The van der Waals surface area contributed by atoms with Gasteiger partial charge in [-0.15, -0.1) is 0 Å². The Morgan fingerprint density at radius 1 is 1.16 bits per heavy atom. The van der Waals surface area contributed by atoms with Gasteiger partial charge in [0.25, 0.3) is 5.91 Å². The molecule has 19 heavy (non-hydrogen) atoms. The van der Waals surface area contributed by atoms with Crippen molar-refractivity contribution in [1.29, 1.82) is 0 Å². The summed E-state index contributed by atoms with van der Waals surface area (Å²) in [6.45, 7) is 2.16. The van der Waals surface area contributed by atoms with E-state index >= 15 is 0 Å². The maximum atomic E-state index is 11.8. The molecule has 1 aromatic carbocycles. The van der Waals surface area contributed by atoms with Crippen molar-refractivity contribution in [2.24, 2.45) is 0 Å². The smallest absolute Gasteiger partial charge is 0.270 e. The van der Waals surface area contributed by atoms with Gasteiger partial charge in [0.1, 0.15) is 5.69 Å². The normalized spacial score (nSPS) is 9.32. The highest BCUT2D eigenvalue weighted by Gasteiger charge is 2.04. The molecule has 2 aromatic rings. The van der Waals surface area contributed by atoms with Crippen LogP contribution >= 0.6 is 0 Å². The van der Waals surface area contributed by atoms with Crippen LogP contribution < -0.4 is 5.32 Å². The second-order valence-electron chi connectivity index (χ2n) is 4.01. The topological polar surface area (TPSA) is 42.0 Å². The highest BCUT2D eigenvalue weighted by Crippen LogP contribution is 1.97. The van der Waals surface area contributed by atoms with Crippen molar-refractivity contribution in [3.8, 4) is 11.8 Å². The second-order valence-corrected chi connectivity index (χ2v) is 4.01. The summed E-state index contributed by atoms with van der Waals surface area (Å²) in [5.41, 5.74) is 2.18. The second kappa shape index (κ2) is 6.36. The van der Waals surface area contributed by atoms with Gasteiger partial charge in [0, 0.05) is 11.3 Å². The number of aryl methyl sites for hydroxylation is 1. The van der Waals surface area contributed by atoms with E-state index in [-0.39, 0.29) is 5.91 Å². The Bertz CT molecular complexity index is 624. The zero-order valence-electron chi connectivity index (χ0n) is 10.7. The van der Waals surface area contributed by atoms with Crippen molar-refractivity contribution < 1.29 is 4.79 Å². The number of nitrogens with one attached hydrogen (secondary N) is 1. The molecule has 0 bridgehead atoms. The fourth-order valence-corrected chi connectivity index (χ4v) is 1.55. The summed E-state index contributed by atoms with van der Waals surface area (Å²) in [4.78, 5) is 15.9. The van der Waals surface area contributed by atoms with Gasteiger partial charge >= 0.3 is 0 Å². The molecule has 0 fully saturated rings. The third-order valence-corrected chi connectivity index (χ3v) is 2.46. The van der Waals surface area contributed by atoms with Crippen LogP contribution in [-0.2, 0) is 0 Å². The number of hydrogen-bond acceptors (Lipinski definition) is 2. The van der Waals surface area contributed by atoms with Crippen molar-refractivity contribution in [3.05, 3.63) is 65.5 Å². The van der Waals surface area contributed by atoms with Gasteiger partial charge < -0.3 is 5.32 Å². The van der Waals surface area contributed by atoms with E-state index in [1.165, 1.54) is 0 Å². The Balaban J connectivity index is 1.90. The first-order valence-electron chi connectivity index (χ1n) is 6.01. The fraction of sp³-hybridized carbons (Fsp3) is 0.125. The molecule has 1 amide bonds. The molecule has 3 heteroatoms. The third kappa shape index (κ3) is 3.97. The van der Waals surface area contributed by atoms with Gasteiger partial charge in [-0.25, -0.2) is 4.98 Å². The fourth-order valence-electron chi connectivity index (χ4n) is 1.55. The molecular weight excluding hydrogens is 236 g/mol. The standard InChI is InChI=1S/C16H14N2O/c1-13-7-5-11-15(18-13)16(19)17-12-6-10-14-8-3-2-4-9-14/h2-5,7-9,11H,12H2,1H3,(H,17,19). The number of amides is 1. The largest absolute Gasteiger partial charge is 0.340 e. The molecule has 0 atom stereocenters. The van der Waals surface area contributed by atoms with Crippen LogP contribution in [0.15, 0.2) is 48.5 Å². The van der Waals surface area contributed by atoms with Crippen LogP contribution in [0.1, 0.15) is 21.7 Å². The van der Waals surface area contributed by atoms with Crippen molar-refractivity contribution in [1.82, 2.24) is 10.3 Å². The van der Waals surface area contributed by atoms with Gasteiger partial charge in [-0.2, -0.15) is 0 Å². The number of pyridine rings is 1. The lowest BCUT2D eigenvalue weighted by atomic mass is 10.2. The Labute approximate surface area is 112 Å². The highest BCUT2D eigenvalue weighted by atomic mass is 16.1. The molecule has 0 aliphatic heterocycles. The summed E-state index contributed by atoms with van der Waals surface area (Å²) in [7, 11) is 0. The molecule has 1 heterocycles. The zero-order chi connectivity index (χ0) is 13.5. The lowest BCUT2D eigenvalue weighted by Crippen LogP contribution is -2.24. The number of aromatic nitrogens is 1. The minimum Gasteiger partial charge on any atom is -0.340 e. The first-order valence-corrected chi connectivity index (χ1v) is 6.01. The average molecular weight is 250 g/mol. The molecule has 3 nitrogen and oxygen atoms in total. The van der Waals surface area contributed by atoms with Gasteiger partial charge in [-0.1, -0.05) is 36.1 Å². The molecule has 0 aliphatic rings. The van der Waals surface area contributed by atoms with E-state index in [0.29, 0.717) is 12.2 Å². The molecule has 0 saturated carbocycles. The predicted octanol–water partition coefficient (Wildman–Crippen LogP) is 2.17. The van der Waals surface area contributed by atoms with Gasteiger partial charge in [0.05, 0.1) is 6.54 Å². The van der Waals surface area contributed by atoms with Crippen LogP contribution in [0.5, 0.6) is 0 Å². The Morgan fingerprint density at radius 2 is 1.95 bits per heavy atom. The van der Waals surface area contributed by atoms with E-state index in [1.54, 1.807) is 6.07 Å². The van der Waals surface area contributed by atoms with E-state index in [9.17, 15) is 4.79 Å². The maximum absolute atomic E-state index is 11.8. The van der Waals surface area contributed by atoms with Gasteiger partial charge in [0.2, 0.25) is 0 Å². The van der Waals surface area contributed by atoms with E-state index in [0.717, 1.165) is 11.3 Å². The van der Waals surface area contributed by atoms with Crippen molar-refractivity contribution in [3.63, 3.8) is 0 Å². The lowest BCUT2D eigenvalue weighted by Gasteiger charge is -2.01. The monoisotopic (exact) mass is 250 g/mol. The quantitative estimate of drug-likeness (QED) is 0.830. The number of carbonyl (C=O) groups is 1. The predicted molar refractivity (Wildman–Crippen MR) is 74.6 cm³/mol. The Kier molecular flexibility index (Phi) is 4.30. The van der Waals surface area contributed by atoms with Crippen LogP contribution in [-0.4, -0.2) is 17.4 Å². The number of rotatable bonds is 2. The minimum absolute atomic E-state index is 0.203. The Hall–Kier alpha value is -2.60. The summed E-state index contributed by atoms with van der Waals surface area (Å²) in [5, 5.41) is 2.72. The number of benzene rings is 1. The van der Waals surface area contributed by atoms with Crippen LogP contribution in [0.2, 0.25) is 0 Å². The van der Waals surface area contributed by atoms with Crippen molar-refractivity contribution in [2.45, 2.75) is 6.92 Å². The number of nitrogens with zero attached hydrogens (tertiary/aromatic N) is 1. The molecule has 1 aromatic heterocycles. The van der Waals surface area contributed by atoms with E-state index in [1.807, 2.05) is 49.4 Å². The average Bonchev–Trinajstić information content (AvgIpc) is 2.44. The SMILES string of the molecule is Cc1cccc(C(=O)NCC#Cc2ccccc2)n1. The maximum Gasteiger partial charge on any atom is 0.270 e. The van der Waals surface area contributed by atoms with Crippen molar-refractivity contribution >= 4 is 5.91 Å². The first-order chi connectivity index (χ1) is 9.25. The first kappa shape index (κ1) is 12.8. The van der Waals surface area contributed by atoms with Crippen LogP contribution in [0.3, 0.4) is 0 Å². The molecule has 0 saturated heterocycles. The molecule has 0 unspecified atom stereocenters. The molecule has 0 spiro atoms. The highest BCUT2D eigenvalue weighted by molar-refractivity contribution is 5.92. The molecule has 1 N–H and O–H groups in total. The molecule has 0 radical (unpaired) electrons. The summed E-state index contributed by atoms with van der Waals surface area (Å²) in [6.07, 6.45) is 0. The molecular formula is C16H14N2O. The minimum atomic E-state index is -0.203. The summed E-state index contributed by atoms with van der Waals surface area (Å²) in [6, 6.07) is 15.0.